The van der Waals surface area contributed by atoms with E-state index in [0.29, 0.717) is 13.0 Å². The Labute approximate surface area is 143 Å². The van der Waals surface area contributed by atoms with E-state index < -0.39 is 12.0 Å². The van der Waals surface area contributed by atoms with Crippen molar-refractivity contribution in [1.29, 1.82) is 0 Å². The van der Waals surface area contributed by atoms with Crippen LogP contribution in [0.15, 0.2) is 24.3 Å². The third kappa shape index (κ3) is 5.23. The predicted octanol–water partition coefficient (Wildman–Crippen LogP) is 2.69. The molecular formula is C18H27N3O3. The highest BCUT2D eigenvalue weighted by atomic mass is 16.4. The van der Waals surface area contributed by atoms with Crippen molar-refractivity contribution in [1.82, 2.24) is 10.2 Å². The number of benzene rings is 1. The fraction of sp³-hybridized carbons (Fsp3) is 0.556. The Morgan fingerprint density at radius 3 is 2.67 bits per heavy atom. The van der Waals surface area contributed by atoms with E-state index in [9.17, 15) is 14.7 Å². The van der Waals surface area contributed by atoms with Crippen LogP contribution in [-0.4, -0.2) is 47.7 Å². The van der Waals surface area contributed by atoms with E-state index >= 15 is 0 Å². The summed E-state index contributed by atoms with van der Waals surface area (Å²) < 4.78 is 0. The van der Waals surface area contributed by atoms with Gasteiger partial charge in [-0.25, -0.2) is 4.79 Å². The molecule has 24 heavy (non-hydrogen) atoms. The molecule has 1 fully saturated rings. The third-order valence-electron chi connectivity index (χ3n) is 4.52. The number of likely N-dealkylation sites (tertiary alicyclic amines) is 1. The highest BCUT2D eigenvalue weighted by Crippen LogP contribution is 2.19. The number of carboxylic acid groups (broad SMARTS) is 1. The van der Waals surface area contributed by atoms with Crippen molar-refractivity contribution in [3.05, 3.63) is 29.8 Å². The number of aliphatic carboxylic acids is 1. The molecule has 2 atom stereocenters. The molecule has 1 aliphatic heterocycles. The standard InChI is InChI=1S/C18H27N3O3/c1-3-16(17(22)23)21-10-4-5-14(12-21)11-19-18(24)20-15-8-6-13(2)7-9-15/h6-9,14,16H,3-5,10-12H2,1-2H3,(H,22,23)(H2,19,20,24). The Bertz CT molecular complexity index is 559. The van der Waals surface area contributed by atoms with E-state index in [2.05, 4.69) is 10.6 Å². The van der Waals surface area contributed by atoms with Crippen LogP contribution in [0.3, 0.4) is 0 Å². The molecule has 6 nitrogen and oxygen atoms in total. The van der Waals surface area contributed by atoms with E-state index in [-0.39, 0.29) is 11.9 Å². The summed E-state index contributed by atoms with van der Waals surface area (Å²) in [6, 6.07) is 7.00. The average Bonchev–Trinajstić information content (AvgIpc) is 2.56. The largest absolute Gasteiger partial charge is 0.480 e. The normalized spacial score (nSPS) is 19.5. The molecule has 0 spiro atoms. The first kappa shape index (κ1) is 18.3. The van der Waals surface area contributed by atoms with Crippen LogP contribution >= 0.6 is 0 Å². The summed E-state index contributed by atoms with van der Waals surface area (Å²) in [4.78, 5) is 25.3. The van der Waals surface area contributed by atoms with Gasteiger partial charge in [0.1, 0.15) is 6.04 Å². The number of amides is 2. The summed E-state index contributed by atoms with van der Waals surface area (Å²) in [6.07, 6.45) is 2.58. The monoisotopic (exact) mass is 333 g/mol. The topological polar surface area (TPSA) is 81.7 Å². The maximum Gasteiger partial charge on any atom is 0.320 e. The lowest BCUT2D eigenvalue weighted by molar-refractivity contribution is -0.144. The van der Waals surface area contributed by atoms with Crippen molar-refractivity contribution in [2.24, 2.45) is 5.92 Å². The number of rotatable bonds is 6. The molecule has 2 amide bonds. The number of piperidine rings is 1. The maximum atomic E-state index is 12.0. The van der Waals surface area contributed by atoms with Crippen molar-refractivity contribution in [3.63, 3.8) is 0 Å². The summed E-state index contributed by atoms with van der Waals surface area (Å²) in [7, 11) is 0. The molecule has 1 saturated heterocycles. The highest BCUT2D eigenvalue weighted by molar-refractivity contribution is 5.89. The summed E-state index contributed by atoms with van der Waals surface area (Å²) in [6.45, 7) is 5.99. The molecule has 0 aromatic heterocycles. The van der Waals surface area contributed by atoms with Crippen molar-refractivity contribution in [2.75, 3.05) is 25.0 Å². The van der Waals surface area contributed by atoms with Crippen LogP contribution in [0.25, 0.3) is 0 Å². The summed E-state index contributed by atoms with van der Waals surface area (Å²) >= 11 is 0. The van der Waals surface area contributed by atoms with E-state index in [1.165, 1.54) is 0 Å². The Morgan fingerprint density at radius 2 is 2.04 bits per heavy atom. The average molecular weight is 333 g/mol. The first-order valence-electron chi connectivity index (χ1n) is 8.58. The number of urea groups is 1. The quantitative estimate of drug-likeness (QED) is 0.747. The van der Waals surface area contributed by atoms with Gasteiger partial charge < -0.3 is 15.7 Å². The zero-order chi connectivity index (χ0) is 17.5. The van der Waals surface area contributed by atoms with Crippen molar-refractivity contribution in [2.45, 2.75) is 39.2 Å². The van der Waals surface area contributed by atoms with Gasteiger partial charge in [0.05, 0.1) is 0 Å². The molecule has 1 aromatic carbocycles. The number of nitrogens with zero attached hydrogens (tertiary/aromatic N) is 1. The number of hydrogen-bond donors (Lipinski definition) is 3. The fourth-order valence-corrected chi connectivity index (χ4v) is 3.19. The van der Waals surface area contributed by atoms with Crippen LogP contribution in [-0.2, 0) is 4.79 Å². The maximum absolute atomic E-state index is 12.0. The van der Waals surface area contributed by atoms with Crippen LogP contribution in [0, 0.1) is 12.8 Å². The molecule has 132 valence electrons. The molecule has 2 unspecified atom stereocenters. The van der Waals surface area contributed by atoms with Crippen LogP contribution in [0.1, 0.15) is 31.7 Å². The zero-order valence-corrected chi connectivity index (χ0v) is 14.4. The number of carboxylic acids is 1. The van der Waals surface area contributed by atoms with Crippen molar-refractivity contribution >= 4 is 17.7 Å². The van der Waals surface area contributed by atoms with Gasteiger partial charge in [-0.3, -0.25) is 9.69 Å². The number of aryl methyl sites for hydroxylation is 1. The van der Waals surface area contributed by atoms with Gasteiger partial charge in [0.2, 0.25) is 0 Å². The number of carbonyl (C=O) groups is 2. The van der Waals surface area contributed by atoms with Gasteiger partial charge in [-0.2, -0.15) is 0 Å². The zero-order valence-electron chi connectivity index (χ0n) is 14.4. The minimum Gasteiger partial charge on any atom is -0.480 e. The van der Waals surface area contributed by atoms with Crippen LogP contribution in [0.5, 0.6) is 0 Å². The molecule has 0 radical (unpaired) electrons. The van der Waals surface area contributed by atoms with Crippen molar-refractivity contribution < 1.29 is 14.7 Å². The molecule has 0 aliphatic carbocycles. The van der Waals surface area contributed by atoms with E-state index in [0.717, 1.165) is 37.2 Å². The summed E-state index contributed by atoms with van der Waals surface area (Å²) in [5.74, 6) is -0.473. The molecule has 1 heterocycles. The second-order valence-corrected chi connectivity index (χ2v) is 6.47. The van der Waals surface area contributed by atoms with E-state index in [1.807, 2.05) is 43.0 Å². The molecule has 1 aromatic rings. The van der Waals surface area contributed by atoms with E-state index in [4.69, 9.17) is 0 Å². The molecule has 1 aliphatic rings. The van der Waals surface area contributed by atoms with Gasteiger partial charge in [0.15, 0.2) is 0 Å². The summed E-state index contributed by atoms with van der Waals surface area (Å²) in [5, 5.41) is 15.0. The Morgan fingerprint density at radius 1 is 1.33 bits per heavy atom. The van der Waals surface area contributed by atoms with Crippen molar-refractivity contribution in [3.8, 4) is 0 Å². The lowest BCUT2D eigenvalue weighted by Crippen LogP contribution is -2.48. The van der Waals surface area contributed by atoms with Gasteiger partial charge in [-0.05, 0) is 50.8 Å². The van der Waals surface area contributed by atoms with Crippen LogP contribution in [0.2, 0.25) is 0 Å². The van der Waals surface area contributed by atoms with Gasteiger partial charge in [-0.1, -0.05) is 24.6 Å². The number of anilines is 1. The first-order chi connectivity index (χ1) is 11.5. The van der Waals surface area contributed by atoms with Gasteiger partial charge in [0, 0.05) is 18.8 Å². The van der Waals surface area contributed by atoms with Crippen LogP contribution in [0.4, 0.5) is 10.5 Å². The minimum absolute atomic E-state index is 0.221. The Hall–Kier alpha value is -2.08. The molecule has 3 N–H and O–H groups in total. The second-order valence-electron chi connectivity index (χ2n) is 6.47. The summed E-state index contributed by atoms with van der Waals surface area (Å²) in [5.41, 5.74) is 1.91. The Kier molecular flexibility index (Phi) is 6.61. The number of nitrogens with one attached hydrogen (secondary N) is 2. The second kappa shape index (κ2) is 8.68. The smallest absolute Gasteiger partial charge is 0.320 e. The van der Waals surface area contributed by atoms with Gasteiger partial charge in [0.25, 0.3) is 0 Å². The lowest BCUT2D eigenvalue weighted by atomic mass is 9.96. The first-order valence-corrected chi connectivity index (χ1v) is 8.58. The SMILES string of the molecule is CCC(C(=O)O)N1CCCC(CNC(=O)Nc2ccc(C)cc2)C1. The lowest BCUT2D eigenvalue weighted by Gasteiger charge is -2.36. The Balaban J connectivity index is 1.79. The molecule has 6 heteroatoms. The third-order valence-corrected chi connectivity index (χ3v) is 4.52. The predicted molar refractivity (Wildman–Crippen MR) is 94.2 cm³/mol. The fourth-order valence-electron chi connectivity index (χ4n) is 3.19. The van der Waals surface area contributed by atoms with Gasteiger partial charge >= 0.3 is 12.0 Å². The highest BCUT2D eigenvalue weighted by Gasteiger charge is 2.29. The molecule has 2 rings (SSSR count). The molecular weight excluding hydrogens is 306 g/mol. The molecule has 0 bridgehead atoms. The number of carbonyl (C=O) groups excluding carboxylic acids is 1. The minimum atomic E-state index is -0.761. The van der Waals surface area contributed by atoms with Crippen LogP contribution < -0.4 is 10.6 Å². The van der Waals surface area contributed by atoms with Gasteiger partial charge in [-0.15, -0.1) is 0 Å². The van der Waals surface area contributed by atoms with E-state index in [1.54, 1.807) is 0 Å². The molecule has 0 saturated carbocycles. The number of hydrogen-bond acceptors (Lipinski definition) is 3.